The average molecular weight is 390 g/mol. The molecule has 0 bridgehead atoms. The van der Waals surface area contributed by atoms with Gasteiger partial charge in [0.15, 0.2) is 11.6 Å². The van der Waals surface area contributed by atoms with Gasteiger partial charge in [0.1, 0.15) is 6.17 Å². The number of nitrogens with zero attached hydrogens (tertiary/aromatic N) is 4. The molecule has 0 saturated heterocycles. The van der Waals surface area contributed by atoms with Crippen molar-refractivity contribution in [3.8, 4) is 11.1 Å². The van der Waals surface area contributed by atoms with Gasteiger partial charge in [-0.05, 0) is 23.3 Å². The van der Waals surface area contributed by atoms with Crippen LogP contribution >= 0.6 is 0 Å². The molecule has 1 atom stereocenters. The van der Waals surface area contributed by atoms with E-state index in [1.54, 1.807) is 12.4 Å². The van der Waals surface area contributed by atoms with Crippen LogP contribution in [0.25, 0.3) is 11.1 Å². The van der Waals surface area contributed by atoms with E-state index in [1.807, 2.05) is 0 Å². The molecule has 6 rings (SSSR count). The van der Waals surface area contributed by atoms with Crippen molar-refractivity contribution in [2.45, 2.75) is 25.4 Å². The minimum Gasteiger partial charge on any atom is -0.301 e. The highest BCUT2D eigenvalue weighted by molar-refractivity contribution is 5.92. The van der Waals surface area contributed by atoms with Crippen LogP contribution in [0.3, 0.4) is 0 Å². The first-order valence-electron chi connectivity index (χ1n) is 10.3. The highest BCUT2D eigenvalue weighted by Crippen LogP contribution is 2.58. The smallest absolute Gasteiger partial charge is 0.178 e. The van der Waals surface area contributed by atoms with Gasteiger partial charge in [-0.25, -0.2) is 9.97 Å². The molecule has 0 amide bonds. The lowest BCUT2D eigenvalue weighted by molar-refractivity contribution is 0.449. The number of fused-ring (bicyclic) bond motifs is 5. The SMILES string of the molecule is CC1(C)c2ccccc2N2c3nccnc3N(c3ccccc3-c3ccccc3)C21. The Balaban J connectivity index is 1.62. The maximum Gasteiger partial charge on any atom is 0.178 e. The van der Waals surface area contributed by atoms with Crippen molar-refractivity contribution in [3.05, 3.63) is 96.8 Å². The van der Waals surface area contributed by atoms with Crippen LogP contribution in [0.15, 0.2) is 91.3 Å². The maximum absolute atomic E-state index is 4.79. The molecule has 0 spiro atoms. The van der Waals surface area contributed by atoms with E-state index in [1.165, 1.54) is 22.4 Å². The molecule has 4 nitrogen and oxygen atoms in total. The van der Waals surface area contributed by atoms with E-state index in [-0.39, 0.29) is 11.6 Å². The predicted octanol–water partition coefficient (Wildman–Crippen LogP) is 6.05. The van der Waals surface area contributed by atoms with Crippen LogP contribution in [-0.2, 0) is 5.41 Å². The predicted molar refractivity (Wildman–Crippen MR) is 121 cm³/mol. The standard InChI is InChI=1S/C26H22N4/c1-26(2)20-13-7-9-15-22(20)30-24-23(27-16-17-28-24)29(25(26)30)21-14-8-6-12-19(21)18-10-4-3-5-11-18/h3-17,25H,1-2H3. The molecular weight excluding hydrogens is 368 g/mol. The minimum absolute atomic E-state index is 0.0668. The van der Waals surface area contributed by atoms with Gasteiger partial charge >= 0.3 is 0 Å². The van der Waals surface area contributed by atoms with E-state index in [2.05, 4.69) is 103 Å². The Bertz CT molecular complexity index is 1250. The van der Waals surface area contributed by atoms with Gasteiger partial charge in [0.05, 0.1) is 5.69 Å². The second kappa shape index (κ2) is 6.17. The average Bonchev–Trinajstić information content (AvgIpc) is 3.26. The van der Waals surface area contributed by atoms with Gasteiger partial charge < -0.3 is 9.80 Å². The second-order valence-electron chi connectivity index (χ2n) is 8.44. The van der Waals surface area contributed by atoms with Gasteiger partial charge in [0, 0.05) is 29.1 Å². The molecule has 2 aliphatic heterocycles. The van der Waals surface area contributed by atoms with Gasteiger partial charge in [-0.2, -0.15) is 0 Å². The molecule has 3 aromatic carbocycles. The fourth-order valence-electron chi connectivity index (χ4n) is 5.06. The number of aromatic nitrogens is 2. The van der Waals surface area contributed by atoms with Crippen LogP contribution in [0, 0.1) is 0 Å². The first-order chi connectivity index (χ1) is 14.7. The lowest BCUT2D eigenvalue weighted by Crippen LogP contribution is -2.46. The quantitative estimate of drug-likeness (QED) is 0.417. The van der Waals surface area contributed by atoms with Crippen LogP contribution in [-0.4, -0.2) is 16.1 Å². The van der Waals surface area contributed by atoms with E-state index < -0.39 is 0 Å². The topological polar surface area (TPSA) is 32.3 Å². The summed E-state index contributed by atoms with van der Waals surface area (Å²) in [6, 6.07) is 27.8. The van der Waals surface area contributed by atoms with Crippen LogP contribution < -0.4 is 9.80 Å². The third-order valence-electron chi connectivity index (χ3n) is 6.36. The molecule has 4 aromatic rings. The van der Waals surface area contributed by atoms with Crippen LogP contribution in [0.2, 0.25) is 0 Å². The van der Waals surface area contributed by atoms with Crippen molar-refractivity contribution >= 4 is 23.0 Å². The summed E-state index contributed by atoms with van der Waals surface area (Å²) in [5.41, 5.74) is 6.00. The van der Waals surface area contributed by atoms with Gasteiger partial charge in [0.2, 0.25) is 0 Å². The second-order valence-corrected chi connectivity index (χ2v) is 8.44. The lowest BCUT2D eigenvalue weighted by atomic mass is 9.83. The van der Waals surface area contributed by atoms with Gasteiger partial charge in [-0.15, -0.1) is 0 Å². The molecule has 0 fully saturated rings. The van der Waals surface area contributed by atoms with Crippen LogP contribution in [0.4, 0.5) is 23.0 Å². The van der Waals surface area contributed by atoms with Crippen LogP contribution in [0.1, 0.15) is 19.4 Å². The monoisotopic (exact) mass is 390 g/mol. The molecule has 1 unspecified atom stereocenters. The van der Waals surface area contributed by atoms with Crippen molar-refractivity contribution in [2.75, 3.05) is 9.80 Å². The molecule has 3 heterocycles. The number of hydrogen-bond acceptors (Lipinski definition) is 4. The molecule has 0 radical (unpaired) electrons. The first kappa shape index (κ1) is 17.2. The summed E-state index contributed by atoms with van der Waals surface area (Å²) in [5.74, 6) is 1.83. The highest BCUT2D eigenvalue weighted by Gasteiger charge is 2.54. The van der Waals surface area contributed by atoms with E-state index >= 15 is 0 Å². The Labute approximate surface area is 176 Å². The van der Waals surface area contributed by atoms with E-state index in [0.29, 0.717) is 0 Å². The van der Waals surface area contributed by atoms with Gasteiger partial charge in [-0.1, -0.05) is 80.6 Å². The van der Waals surface area contributed by atoms with E-state index in [9.17, 15) is 0 Å². The molecular formula is C26H22N4. The molecule has 0 N–H and O–H groups in total. The fraction of sp³-hybridized carbons (Fsp3) is 0.154. The van der Waals surface area contributed by atoms with Gasteiger partial charge in [0.25, 0.3) is 0 Å². The summed E-state index contributed by atoms with van der Waals surface area (Å²) in [5, 5.41) is 0. The molecule has 1 aromatic heterocycles. The summed E-state index contributed by atoms with van der Waals surface area (Å²) in [7, 11) is 0. The number of anilines is 4. The van der Waals surface area contributed by atoms with E-state index in [4.69, 9.17) is 9.97 Å². The van der Waals surface area contributed by atoms with Crippen molar-refractivity contribution < 1.29 is 0 Å². The summed E-state index contributed by atoms with van der Waals surface area (Å²) in [4.78, 5) is 14.3. The lowest BCUT2D eigenvalue weighted by Gasteiger charge is -2.37. The Hall–Kier alpha value is -3.66. The molecule has 30 heavy (non-hydrogen) atoms. The highest BCUT2D eigenvalue weighted by atomic mass is 15.5. The minimum atomic E-state index is -0.108. The van der Waals surface area contributed by atoms with E-state index in [0.717, 1.165) is 17.3 Å². The summed E-state index contributed by atoms with van der Waals surface area (Å²) in [6.07, 6.45) is 3.64. The Morgan fingerprint density at radius 1 is 0.667 bits per heavy atom. The Morgan fingerprint density at radius 2 is 1.23 bits per heavy atom. The summed E-state index contributed by atoms with van der Waals surface area (Å²) in [6.45, 7) is 4.64. The van der Waals surface area contributed by atoms with Crippen LogP contribution in [0.5, 0.6) is 0 Å². The largest absolute Gasteiger partial charge is 0.301 e. The third kappa shape index (κ3) is 2.22. The summed E-state index contributed by atoms with van der Waals surface area (Å²) < 4.78 is 0. The normalized spacial score (nSPS) is 18.1. The van der Waals surface area contributed by atoms with Crippen molar-refractivity contribution in [1.82, 2.24) is 9.97 Å². The fourth-order valence-corrected chi connectivity index (χ4v) is 5.06. The molecule has 146 valence electrons. The molecule has 0 aliphatic carbocycles. The zero-order valence-corrected chi connectivity index (χ0v) is 17.0. The number of rotatable bonds is 2. The number of benzene rings is 3. The molecule has 2 aliphatic rings. The van der Waals surface area contributed by atoms with Gasteiger partial charge in [-0.3, -0.25) is 0 Å². The Kier molecular flexibility index (Phi) is 3.54. The maximum atomic E-state index is 4.79. The first-order valence-corrected chi connectivity index (χ1v) is 10.3. The molecule has 0 saturated carbocycles. The molecule has 4 heteroatoms. The number of para-hydroxylation sites is 2. The zero-order valence-electron chi connectivity index (χ0n) is 17.0. The number of hydrogen-bond donors (Lipinski definition) is 0. The Morgan fingerprint density at radius 3 is 1.97 bits per heavy atom. The zero-order chi connectivity index (χ0) is 20.3. The van der Waals surface area contributed by atoms with Crippen molar-refractivity contribution in [1.29, 1.82) is 0 Å². The summed E-state index contributed by atoms with van der Waals surface area (Å²) >= 11 is 0. The van der Waals surface area contributed by atoms with Crippen molar-refractivity contribution in [2.24, 2.45) is 0 Å². The van der Waals surface area contributed by atoms with Crippen molar-refractivity contribution in [3.63, 3.8) is 0 Å². The third-order valence-corrected chi connectivity index (χ3v) is 6.36.